The standard InChI is InChI=1S/C39H52N4O4SSi/c1-24(2)21-32(43-38(46)47-39(4,5)6)37(45)42-31(15-12-20-48-7)36(44)41-27-17-19-30-34(23-27)49(8,9)33-22-26(40)16-18-29(33)35(30)28-14-11-10-13-25(28)3/h10-11,13-14,16-19,22-24,31-32,40H,12,15,20-21H2,1-9H3,(H,41,44)(H,42,45)(H,43,46)/t31-,32-/m0/s1. The van der Waals surface area contributed by atoms with Crippen molar-refractivity contribution in [1.29, 1.82) is 5.41 Å². The third-order valence-corrected chi connectivity index (χ3v) is 13.0. The molecule has 1 heterocycles. The summed E-state index contributed by atoms with van der Waals surface area (Å²) >= 11 is 1.69. The first-order valence-electron chi connectivity index (χ1n) is 17.1. The van der Waals surface area contributed by atoms with E-state index in [2.05, 4.69) is 72.4 Å². The molecule has 2 aromatic carbocycles. The second-order valence-electron chi connectivity index (χ2n) is 14.8. The molecule has 262 valence electrons. The first-order valence-corrected chi connectivity index (χ1v) is 21.4. The minimum atomic E-state index is -2.30. The van der Waals surface area contributed by atoms with E-state index < -0.39 is 37.8 Å². The molecule has 4 rings (SSSR count). The topological polar surface area (TPSA) is 120 Å². The van der Waals surface area contributed by atoms with E-state index in [4.69, 9.17) is 10.1 Å². The van der Waals surface area contributed by atoms with Crippen LogP contribution in [0.1, 0.15) is 70.6 Å². The Hall–Kier alpha value is -3.89. The predicted octanol–water partition coefficient (Wildman–Crippen LogP) is 7.29. The Morgan fingerprint density at radius 1 is 0.959 bits per heavy atom. The second-order valence-corrected chi connectivity index (χ2v) is 20.2. The van der Waals surface area contributed by atoms with Crippen LogP contribution in [0.4, 0.5) is 10.5 Å². The van der Waals surface area contributed by atoms with E-state index in [0.29, 0.717) is 24.2 Å². The van der Waals surface area contributed by atoms with Crippen LogP contribution in [0.15, 0.2) is 71.5 Å². The van der Waals surface area contributed by atoms with Gasteiger partial charge in [-0.05, 0) is 127 Å². The number of carbonyl (C=O) groups is 3. The number of rotatable bonds is 12. The number of carbonyl (C=O) groups excluding carboxylic acids is 3. The van der Waals surface area contributed by atoms with E-state index in [9.17, 15) is 14.4 Å². The fourth-order valence-electron chi connectivity index (χ4n) is 6.43. The highest BCUT2D eigenvalue weighted by Gasteiger charge is 2.40. The number of thioether (sulfide) groups is 1. The van der Waals surface area contributed by atoms with Crippen molar-refractivity contribution in [3.8, 4) is 0 Å². The third-order valence-electron chi connectivity index (χ3n) is 8.80. The SMILES string of the molecule is CSCCC[C@H](NC(=O)[C@H](CC(C)C)NC(=O)OC(C)(C)C)C(=O)Nc1ccc2c(c1)[Si](C)(C)C1=CC(=N)C=CC1=C2c1ccccc1C. The molecular weight excluding hydrogens is 649 g/mol. The fraction of sp³-hybridized carbons (Fsp3) is 0.436. The Morgan fingerprint density at radius 2 is 1.67 bits per heavy atom. The van der Waals surface area contributed by atoms with Crippen molar-refractivity contribution in [2.45, 2.75) is 91.6 Å². The van der Waals surface area contributed by atoms with E-state index in [0.717, 1.165) is 28.9 Å². The van der Waals surface area contributed by atoms with Crippen LogP contribution in [0.25, 0.3) is 5.57 Å². The molecule has 0 aromatic heterocycles. The van der Waals surface area contributed by atoms with Gasteiger partial charge in [0.1, 0.15) is 25.8 Å². The van der Waals surface area contributed by atoms with Gasteiger partial charge < -0.3 is 26.1 Å². The summed E-state index contributed by atoms with van der Waals surface area (Å²) in [6.45, 7) is 16.0. The number of aryl methyl sites for hydroxylation is 1. The van der Waals surface area contributed by atoms with E-state index in [1.165, 1.54) is 21.5 Å². The van der Waals surface area contributed by atoms with Gasteiger partial charge in [-0.3, -0.25) is 9.59 Å². The van der Waals surface area contributed by atoms with E-state index in [1.54, 1.807) is 32.5 Å². The van der Waals surface area contributed by atoms with Crippen LogP contribution in [0, 0.1) is 18.3 Å². The average molecular weight is 701 g/mol. The van der Waals surface area contributed by atoms with Gasteiger partial charge in [0, 0.05) is 5.69 Å². The van der Waals surface area contributed by atoms with Gasteiger partial charge in [-0.15, -0.1) is 0 Å². The zero-order valence-corrected chi connectivity index (χ0v) is 32.2. The molecule has 49 heavy (non-hydrogen) atoms. The summed E-state index contributed by atoms with van der Waals surface area (Å²) in [7, 11) is -2.30. The number of allylic oxidation sites excluding steroid dienone is 5. The summed E-state index contributed by atoms with van der Waals surface area (Å²) in [4.78, 5) is 40.2. The first-order chi connectivity index (χ1) is 23.0. The van der Waals surface area contributed by atoms with Crippen LogP contribution in [0.2, 0.25) is 13.1 Å². The number of fused-ring (bicyclic) bond motifs is 2. The molecule has 0 fully saturated rings. The lowest BCUT2D eigenvalue weighted by atomic mass is 9.87. The molecular formula is C39H52N4O4SSi. The fourth-order valence-corrected chi connectivity index (χ4v) is 9.97. The molecule has 1 aliphatic carbocycles. The molecule has 0 unspecified atom stereocenters. The molecule has 4 N–H and O–H groups in total. The van der Waals surface area contributed by atoms with E-state index in [1.807, 2.05) is 44.4 Å². The monoisotopic (exact) mass is 700 g/mol. The number of nitrogens with one attached hydrogen (secondary N) is 4. The predicted molar refractivity (Wildman–Crippen MR) is 206 cm³/mol. The maximum absolute atomic E-state index is 13.9. The molecule has 10 heteroatoms. The van der Waals surface area contributed by atoms with Crippen LogP contribution in [-0.2, 0) is 14.3 Å². The van der Waals surface area contributed by atoms with Crippen molar-refractivity contribution in [2.75, 3.05) is 17.3 Å². The summed E-state index contributed by atoms with van der Waals surface area (Å²) in [6.07, 6.45) is 8.88. The van der Waals surface area contributed by atoms with Gasteiger partial charge in [-0.2, -0.15) is 11.8 Å². The van der Waals surface area contributed by atoms with Gasteiger partial charge in [0.2, 0.25) is 11.8 Å². The van der Waals surface area contributed by atoms with Crippen molar-refractivity contribution in [3.05, 3.63) is 88.2 Å². The van der Waals surface area contributed by atoms with Gasteiger partial charge in [0.05, 0.1) is 5.71 Å². The Balaban J connectivity index is 1.65. The van der Waals surface area contributed by atoms with Crippen LogP contribution < -0.4 is 21.1 Å². The number of ether oxygens (including phenoxy) is 1. The smallest absolute Gasteiger partial charge is 0.408 e. The first kappa shape index (κ1) is 37.9. The molecule has 1 aliphatic heterocycles. The number of hydrogen-bond acceptors (Lipinski definition) is 6. The quantitative estimate of drug-likeness (QED) is 0.137. The molecule has 0 saturated heterocycles. The molecule has 0 saturated carbocycles. The van der Waals surface area contributed by atoms with Crippen LogP contribution in [0.3, 0.4) is 0 Å². The van der Waals surface area contributed by atoms with Crippen molar-refractivity contribution < 1.29 is 19.1 Å². The molecule has 2 aromatic rings. The lowest BCUT2D eigenvalue weighted by Crippen LogP contribution is -2.53. The number of benzene rings is 2. The zero-order chi connectivity index (χ0) is 36.1. The Kier molecular flexibility index (Phi) is 12.2. The van der Waals surface area contributed by atoms with Crippen molar-refractivity contribution in [1.82, 2.24) is 10.6 Å². The van der Waals surface area contributed by atoms with Gasteiger partial charge in [0.15, 0.2) is 0 Å². The highest BCUT2D eigenvalue weighted by Crippen LogP contribution is 2.42. The minimum Gasteiger partial charge on any atom is -0.444 e. The Labute approximate surface area is 297 Å². The lowest BCUT2D eigenvalue weighted by molar-refractivity contribution is -0.128. The third kappa shape index (κ3) is 9.42. The van der Waals surface area contributed by atoms with Crippen LogP contribution in [-0.4, -0.2) is 61.4 Å². The second kappa shape index (κ2) is 15.8. The molecule has 2 atom stereocenters. The number of hydrogen-bond donors (Lipinski definition) is 4. The average Bonchev–Trinajstić information content (AvgIpc) is 3.00. The normalized spacial score (nSPS) is 16.3. The minimum absolute atomic E-state index is 0.120. The molecule has 0 radical (unpaired) electrons. The number of alkyl carbamates (subject to hydrolysis) is 1. The molecule has 8 nitrogen and oxygen atoms in total. The summed E-state index contributed by atoms with van der Waals surface area (Å²) < 4.78 is 5.42. The maximum Gasteiger partial charge on any atom is 0.408 e. The molecule has 0 spiro atoms. The summed E-state index contributed by atoms with van der Waals surface area (Å²) in [5.41, 5.74) is 6.21. The molecule has 2 aliphatic rings. The zero-order valence-electron chi connectivity index (χ0n) is 30.4. The van der Waals surface area contributed by atoms with Gasteiger partial charge >= 0.3 is 6.09 Å². The summed E-state index contributed by atoms with van der Waals surface area (Å²) in [5, 5.41) is 19.6. The molecule has 3 amide bonds. The van der Waals surface area contributed by atoms with E-state index in [-0.39, 0.29) is 11.8 Å². The number of amides is 3. The van der Waals surface area contributed by atoms with Gasteiger partial charge in [-0.1, -0.05) is 63.3 Å². The van der Waals surface area contributed by atoms with Gasteiger partial charge in [-0.25, -0.2) is 4.79 Å². The highest BCUT2D eigenvalue weighted by atomic mass is 32.2. The van der Waals surface area contributed by atoms with Gasteiger partial charge in [0.25, 0.3) is 0 Å². The van der Waals surface area contributed by atoms with Crippen molar-refractivity contribution in [2.24, 2.45) is 5.92 Å². The Bertz CT molecular complexity index is 1700. The number of anilines is 1. The maximum atomic E-state index is 13.9. The molecule has 0 bridgehead atoms. The van der Waals surface area contributed by atoms with E-state index >= 15 is 0 Å². The van der Waals surface area contributed by atoms with Crippen molar-refractivity contribution in [3.63, 3.8) is 0 Å². The Morgan fingerprint density at radius 3 is 2.33 bits per heavy atom. The van der Waals surface area contributed by atoms with Crippen LogP contribution >= 0.6 is 11.8 Å². The summed E-state index contributed by atoms with van der Waals surface area (Å²) in [6, 6.07) is 12.8. The highest BCUT2D eigenvalue weighted by molar-refractivity contribution is 7.98. The van der Waals surface area contributed by atoms with Crippen LogP contribution in [0.5, 0.6) is 0 Å². The largest absolute Gasteiger partial charge is 0.444 e. The van der Waals surface area contributed by atoms with Crippen molar-refractivity contribution >= 4 is 59.9 Å². The summed E-state index contributed by atoms with van der Waals surface area (Å²) in [5.74, 6) is 0.249. The lowest BCUT2D eigenvalue weighted by Gasteiger charge is -2.38.